The SMILES string of the molecule is CCS(=O)(=O)NC1CCN(C(=O)C2CCCN2)CC1. The van der Waals surface area contributed by atoms with Crippen LogP contribution in [0.15, 0.2) is 0 Å². The Labute approximate surface area is 115 Å². The van der Waals surface area contributed by atoms with Crippen molar-refractivity contribution in [2.75, 3.05) is 25.4 Å². The lowest BCUT2D eigenvalue weighted by atomic mass is 10.0. The Bertz CT molecular complexity index is 410. The summed E-state index contributed by atoms with van der Waals surface area (Å²) in [6.07, 6.45) is 3.39. The van der Waals surface area contributed by atoms with E-state index < -0.39 is 10.0 Å². The van der Waals surface area contributed by atoms with Crippen molar-refractivity contribution in [2.24, 2.45) is 0 Å². The number of nitrogens with zero attached hydrogens (tertiary/aromatic N) is 1. The summed E-state index contributed by atoms with van der Waals surface area (Å²) < 4.78 is 25.7. The molecule has 110 valence electrons. The molecule has 0 aliphatic carbocycles. The highest BCUT2D eigenvalue weighted by molar-refractivity contribution is 7.89. The molecule has 0 spiro atoms. The van der Waals surface area contributed by atoms with Gasteiger partial charge in [0, 0.05) is 19.1 Å². The summed E-state index contributed by atoms with van der Waals surface area (Å²) >= 11 is 0. The van der Waals surface area contributed by atoms with Gasteiger partial charge in [0.2, 0.25) is 15.9 Å². The van der Waals surface area contributed by atoms with Crippen molar-refractivity contribution in [3.63, 3.8) is 0 Å². The second-order valence-electron chi connectivity index (χ2n) is 5.27. The van der Waals surface area contributed by atoms with E-state index in [1.54, 1.807) is 6.92 Å². The van der Waals surface area contributed by atoms with Gasteiger partial charge in [0.1, 0.15) is 0 Å². The highest BCUT2D eigenvalue weighted by atomic mass is 32.2. The fourth-order valence-corrected chi connectivity index (χ4v) is 3.58. The second kappa shape index (κ2) is 6.19. The molecule has 0 saturated carbocycles. The third-order valence-corrected chi connectivity index (χ3v) is 5.34. The van der Waals surface area contributed by atoms with Gasteiger partial charge in [-0.15, -0.1) is 0 Å². The first-order valence-electron chi connectivity index (χ1n) is 7.04. The molecule has 0 aromatic rings. The Balaban J connectivity index is 1.80. The molecular weight excluding hydrogens is 266 g/mol. The van der Waals surface area contributed by atoms with Crippen LogP contribution in [0.5, 0.6) is 0 Å². The van der Waals surface area contributed by atoms with E-state index in [9.17, 15) is 13.2 Å². The van der Waals surface area contributed by atoms with E-state index in [4.69, 9.17) is 0 Å². The molecule has 2 aliphatic heterocycles. The Hall–Kier alpha value is -0.660. The fourth-order valence-electron chi connectivity index (χ4n) is 2.67. The summed E-state index contributed by atoms with van der Waals surface area (Å²) in [4.78, 5) is 14.0. The Morgan fingerprint density at radius 2 is 2.00 bits per heavy atom. The van der Waals surface area contributed by atoms with Gasteiger partial charge in [0.15, 0.2) is 0 Å². The minimum absolute atomic E-state index is 0.0227. The Kier molecular flexibility index (Phi) is 4.81. The minimum Gasteiger partial charge on any atom is -0.341 e. The van der Waals surface area contributed by atoms with Crippen LogP contribution in [0, 0.1) is 0 Å². The van der Waals surface area contributed by atoms with Gasteiger partial charge in [-0.1, -0.05) is 0 Å². The van der Waals surface area contributed by atoms with Gasteiger partial charge in [-0.3, -0.25) is 4.79 Å². The van der Waals surface area contributed by atoms with E-state index in [0.717, 1.165) is 19.4 Å². The number of nitrogens with one attached hydrogen (secondary N) is 2. The van der Waals surface area contributed by atoms with E-state index in [2.05, 4.69) is 10.0 Å². The number of amides is 1. The number of carbonyl (C=O) groups is 1. The van der Waals surface area contributed by atoms with Crippen LogP contribution in [0.4, 0.5) is 0 Å². The fraction of sp³-hybridized carbons (Fsp3) is 0.917. The van der Waals surface area contributed by atoms with Gasteiger partial charge in [0.05, 0.1) is 11.8 Å². The summed E-state index contributed by atoms with van der Waals surface area (Å²) in [5.41, 5.74) is 0. The van der Waals surface area contributed by atoms with Crippen LogP contribution in [-0.4, -0.2) is 56.7 Å². The maximum Gasteiger partial charge on any atom is 0.239 e. The Morgan fingerprint density at radius 1 is 1.32 bits per heavy atom. The molecule has 0 radical (unpaired) electrons. The molecule has 2 N–H and O–H groups in total. The number of sulfonamides is 1. The zero-order chi connectivity index (χ0) is 13.9. The van der Waals surface area contributed by atoms with Crippen molar-refractivity contribution in [2.45, 2.75) is 44.7 Å². The molecule has 1 unspecified atom stereocenters. The van der Waals surface area contributed by atoms with Crippen molar-refractivity contribution >= 4 is 15.9 Å². The molecule has 2 fully saturated rings. The Morgan fingerprint density at radius 3 is 2.53 bits per heavy atom. The van der Waals surface area contributed by atoms with Crippen LogP contribution >= 0.6 is 0 Å². The van der Waals surface area contributed by atoms with E-state index in [1.165, 1.54) is 0 Å². The molecule has 0 aromatic carbocycles. The average Bonchev–Trinajstić information content (AvgIpc) is 2.92. The second-order valence-corrected chi connectivity index (χ2v) is 7.31. The lowest BCUT2D eigenvalue weighted by Crippen LogP contribution is -2.50. The van der Waals surface area contributed by atoms with Gasteiger partial charge in [-0.25, -0.2) is 13.1 Å². The van der Waals surface area contributed by atoms with Gasteiger partial charge < -0.3 is 10.2 Å². The van der Waals surface area contributed by atoms with Crippen LogP contribution in [0.2, 0.25) is 0 Å². The zero-order valence-electron chi connectivity index (χ0n) is 11.4. The summed E-state index contributed by atoms with van der Waals surface area (Å²) in [6, 6.07) is -0.0468. The van der Waals surface area contributed by atoms with E-state index in [-0.39, 0.29) is 23.7 Å². The molecule has 0 bridgehead atoms. The quantitative estimate of drug-likeness (QED) is 0.743. The smallest absolute Gasteiger partial charge is 0.239 e. The number of carbonyl (C=O) groups excluding carboxylic acids is 1. The van der Waals surface area contributed by atoms with Gasteiger partial charge >= 0.3 is 0 Å². The largest absolute Gasteiger partial charge is 0.341 e. The molecule has 6 nitrogen and oxygen atoms in total. The average molecular weight is 289 g/mol. The number of hydrogen-bond donors (Lipinski definition) is 2. The lowest BCUT2D eigenvalue weighted by molar-refractivity contribution is -0.134. The third-order valence-electron chi connectivity index (χ3n) is 3.89. The highest BCUT2D eigenvalue weighted by Crippen LogP contribution is 2.15. The van der Waals surface area contributed by atoms with Crippen LogP contribution in [0.3, 0.4) is 0 Å². The number of piperidine rings is 1. The van der Waals surface area contributed by atoms with Crippen molar-refractivity contribution < 1.29 is 13.2 Å². The molecule has 2 heterocycles. The molecule has 1 atom stereocenters. The van der Waals surface area contributed by atoms with Crippen molar-refractivity contribution in [3.05, 3.63) is 0 Å². The topological polar surface area (TPSA) is 78.5 Å². The molecule has 7 heteroatoms. The van der Waals surface area contributed by atoms with Crippen molar-refractivity contribution in [1.82, 2.24) is 14.9 Å². The molecule has 0 aromatic heterocycles. The predicted octanol–water partition coefficient (Wildman–Crippen LogP) is -0.331. The van der Waals surface area contributed by atoms with E-state index in [0.29, 0.717) is 25.9 Å². The standard InChI is InChI=1S/C12H23N3O3S/c1-2-19(17,18)14-10-5-8-15(9-6-10)12(16)11-4-3-7-13-11/h10-11,13-14H,2-9H2,1H3. The molecule has 2 rings (SSSR count). The van der Waals surface area contributed by atoms with E-state index in [1.807, 2.05) is 4.90 Å². The monoisotopic (exact) mass is 289 g/mol. The summed E-state index contributed by atoms with van der Waals surface area (Å²) in [5, 5.41) is 3.21. The summed E-state index contributed by atoms with van der Waals surface area (Å²) in [7, 11) is -3.14. The first-order valence-corrected chi connectivity index (χ1v) is 8.69. The van der Waals surface area contributed by atoms with Gasteiger partial charge in [-0.2, -0.15) is 0 Å². The number of hydrogen-bond acceptors (Lipinski definition) is 4. The van der Waals surface area contributed by atoms with Crippen LogP contribution in [0.25, 0.3) is 0 Å². The maximum absolute atomic E-state index is 12.2. The highest BCUT2D eigenvalue weighted by Gasteiger charge is 2.30. The third kappa shape index (κ3) is 3.90. The van der Waals surface area contributed by atoms with Crippen molar-refractivity contribution in [3.8, 4) is 0 Å². The number of rotatable bonds is 4. The molecular formula is C12H23N3O3S. The van der Waals surface area contributed by atoms with Crippen LogP contribution in [0.1, 0.15) is 32.6 Å². The summed E-state index contributed by atoms with van der Waals surface area (Å²) in [5.74, 6) is 0.285. The molecule has 1 amide bonds. The minimum atomic E-state index is -3.14. The first kappa shape index (κ1) is 14.7. The summed E-state index contributed by atoms with van der Waals surface area (Å²) in [6.45, 7) is 3.84. The molecule has 2 saturated heterocycles. The van der Waals surface area contributed by atoms with Gasteiger partial charge in [0.25, 0.3) is 0 Å². The van der Waals surface area contributed by atoms with Crippen molar-refractivity contribution in [1.29, 1.82) is 0 Å². The zero-order valence-corrected chi connectivity index (χ0v) is 12.2. The molecule has 19 heavy (non-hydrogen) atoms. The van der Waals surface area contributed by atoms with E-state index >= 15 is 0 Å². The predicted molar refractivity (Wildman–Crippen MR) is 73.2 cm³/mol. The lowest BCUT2D eigenvalue weighted by Gasteiger charge is -2.33. The first-order chi connectivity index (χ1) is 9.02. The van der Waals surface area contributed by atoms with Crippen LogP contribution < -0.4 is 10.0 Å². The van der Waals surface area contributed by atoms with Crippen LogP contribution in [-0.2, 0) is 14.8 Å². The normalized spacial score (nSPS) is 25.7. The number of likely N-dealkylation sites (tertiary alicyclic amines) is 1. The maximum atomic E-state index is 12.2. The molecule has 2 aliphatic rings. The van der Waals surface area contributed by atoms with Gasteiger partial charge in [-0.05, 0) is 39.2 Å².